The van der Waals surface area contributed by atoms with E-state index in [1.807, 2.05) is 26.0 Å². The van der Waals surface area contributed by atoms with Gasteiger partial charge in [-0.2, -0.15) is 0 Å². The number of carbonyl (C=O) groups excluding carboxylic acids is 5. The lowest BCUT2D eigenvalue weighted by Gasteiger charge is -2.42. The van der Waals surface area contributed by atoms with Crippen LogP contribution in [0.1, 0.15) is 126 Å². The van der Waals surface area contributed by atoms with Crippen molar-refractivity contribution >= 4 is 29.2 Å². The third-order valence-electron chi connectivity index (χ3n) is 14.0. The number of aliphatic hydroxyl groups is 5. The molecule has 3 fully saturated rings. The molecule has 0 aromatic rings. The van der Waals surface area contributed by atoms with Crippen LogP contribution in [0, 0.1) is 35.5 Å². The van der Waals surface area contributed by atoms with Gasteiger partial charge in [0.2, 0.25) is 5.79 Å². The predicted octanol–water partition coefficient (Wildman–Crippen LogP) is 4.87. The number of aliphatic hydroxyl groups excluding tert-OH is 4. The number of esters is 1. The van der Waals surface area contributed by atoms with Crippen LogP contribution in [-0.4, -0.2) is 128 Å². The van der Waals surface area contributed by atoms with Crippen molar-refractivity contribution in [2.45, 2.75) is 180 Å². The number of nitrogens with zero attached hydrogens (tertiary/aromatic N) is 1. The van der Waals surface area contributed by atoms with Crippen LogP contribution in [-0.2, 0) is 38.2 Å². The van der Waals surface area contributed by atoms with Crippen molar-refractivity contribution in [3.63, 3.8) is 0 Å². The Bertz CT molecular complexity index is 1720. The van der Waals surface area contributed by atoms with E-state index in [0.29, 0.717) is 63.4 Å². The van der Waals surface area contributed by atoms with Crippen LogP contribution in [0.4, 0.5) is 0 Å². The third kappa shape index (κ3) is 13.8. The van der Waals surface area contributed by atoms with E-state index in [1.165, 1.54) is 6.08 Å². The number of hydrogen-bond acceptors (Lipinski definition) is 13. The molecule has 2 bridgehead atoms. The molecule has 3 aliphatic heterocycles. The summed E-state index contributed by atoms with van der Waals surface area (Å²) in [5, 5.41) is 55.4. The highest BCUT2D eigenvalue weighted by molar-refractivity contribution is 6.39. The van der Waals surface area contributed by atoms with Crippen molar-refractivity contribution in [2.24, 2.45) is 35.5 Å². The highest BCUT2D eigenvalue weighted by atomic mass is 16.6. The van der Waals surface area contributed by atoms with Crippen molar-refractivity contribution < 1.29 is 63.7 Å². The first-order valence-electron chi connectivity index (χ1n) is 23.2. The van der Waals surface area contributed by atoms with Gasteiger partial charge in [0, 0.05) is 44.2 Å². The van der Waals surface area contributed by atoms with Crippen LogP contribution in [0.3, 0.4) is 0 Å². The number of Topliss-reactive ketones (excluding diaryl/α,β-unsaturated/α-hetero) is 3. The van der Waals surface area contributed by atoms with E-state index in [4.69, 9.17) is 14.2 Å². The molecule has 1 aliphatic carbocycles. The Labute approximate surface area is 373 Å². The minimum Gasteiger partial charge on any atom is -0.460 e. The second-order valence-corrected chi connectivity index (χ2v) is 19.2. The second-order valence-electron chi connectivity index (χ2n) is 19.2. The summed E-state index contributed by atoms with van der Waals surface area (Å²) >= 11 is 0. The number of carbonyl (C=O) groups is 5. The second kappa shape index (κ2) is 23.7. The zero-order valence-electron chi connectivity index (χ0n) is 38.7. The molecular formula is C49H75NO13. The number of piperidine rings is 1. The standard InChI is InChI=1S/C49H75NO13/c1-28-14-10-9-11-15-29(2)39(52)26-36-19-17-34(7)49(60,63-36)46(57)47(58)50-21-13-12-16-37(50)48(59)62-41(31(4)24-35-18-20-38(51)42(25-35)61-8)27-40(53)30(3)23-33(6)44(55)45(56)43(54)32(5)22-28/h9-11,14-15,23,28,30-32,34-39,41-42,44-45,51-52,55-56,60H,12-13,16-22,24-27H2,1-8H3/b11-9+,14-10+,29-15+,33-23+/t28?,30?,31?,32?,34?,35?,36-,37?,38?,39?,41?,42?,44?,45-,49?/m0/s1. The summed E-state index contributed by atoms with van der Waals surface area (Å²) < 4.78 is 17.7. The van der Waals surface area contributed by atoms with Crippen molar-refractivity contribution in [1.29, 1.82) is 0 Å². The zero-order valence-corrected chi connectivity index (χ0v) is 38.7. The van der Waals surface area contributed by atoms with E-state index in [0.717, 1.165) is 4.90 Å². The van der Waals surface area contributed by atoms with Crippen LogP contribution in [0.2, 0.25) is 0 Å². The maximum Gasteiger partial charge on any atom is 0.329 e. The van der Waals surface area contributed by atoms with Gasteiger partial charge in [-0.3, -0.25) is 19.2 Å². The number of methoxy groups -OCH3 is 1. The molecule has 14 heteroatoms. The van der Waals surface area contributed by atoms with Gasteiger partial charge in [0.15, 0.2) is 5.78 Å². The van der Waals surface area contributed by atoms with Gasteiger partial charge in [0.05, 0.1) is 24.4 Å². The summed E-state index contributed by atoms with van der Waals surface area (Å²) in [5.41, 5.74) is 0.841. The van der Waals surface area contributed by atoms with Crippen LogP contribution in [0.15, 0.2) is 47.6 Å². The van der Waals surface area contributed by atoms with E-state index in [-0.39, 0.29) is 61.0 Å². The van der Waals surface area contributed by atoms with Crippen molar-refractivity contribution in [2.75, 3.05) is 13.7 Å². The lowest BCUT2D eigenvalue weighted by molar-refractivity contribution is -0.265. The first-order chi connectivity index (χ1) is 29.7. The maximum absolute atomic E-state index is 14.3. The largest absolute Gasteiger partial charge is 0.460 e. The summed E-state index contributed by atoms with van der Waals surface area (Å²) in [6.45, 7) is 12.1. The summed E-state index contributed by atoms with van der Waals surface area (Å²) in [6, 6.07) is -1.17. The number of cyclic esters (lactones) is 1. The summed E-state index contributed by atoms with van der Waals surface area (Å²) in [7, 11) is 1.55. The Kier molecular flexibility index (Phi) is 19.7. The number of amides is 1. The molecule has 15 atom stereocenters. The molecule has 0 spiro atoms. The van der Waals surface area contributed by atoms with E-state index in [2.05, 4.69) is 0 Å². The zero-order chi connectivity index (χ0) is 46.8. The van der Waals surface area contributed by atoms with E-state index in [1.54, 1.807) is 60.0 Å². The first-order valence-corrected chi connectivity index (χ1v) is 23.2. The summed E-state index contributed by atoms with van der Waals surface area (Å²) in [5.74, 6) is -8.87. The molecule has 4 aliphatic rings. The minimum absolute atomic E-state index is 0.0566. The van der Waals surface area contributed by atoms with Crippen molar-refractivity contribution in [1.82, 2.24) is 4.90 Å². The predicted molar refractivity (Wildman–Crippen MR) is 236 cm³/mol. The Hall–Kier alpha value is -3.37. The fourth-order valence-electron chi connectivity index (χ4n) is 9.62. The molecule has 0 aromatic carbocycles. The van der Waals surface area contributed by atoms with Gasteiger partial charge in [-0.25, -0.2) is 4.79 Å². The highest BCUT2D eigenvalue weighted by Crippen LogP contribution is 2.37. The number of rotatable bonds is 4. The van der Waals surface area contributed by atoms with Gasteiger partial charge in [-0.1, -0.05) is 71.1 Å². The van der Waals surface area contributed by atoms with Crippen LogP contribution in [0.5, 0.6) is 0 Å². The first kappa shape index (κ1) is 52.3. The van der Waals surface area contributed by atoms with Gasteiger partial charge >= 0.3 is 5.97 Å². The lowest BCUT2D eigenvalue weighted by Crippen LogP contribution is -2.61. The molecule has 1 amide bonds. The lowest BCUT2D eigenvalue weighted by atomic mass is 9.78. The van der Waals surface area contributed by atoms with Crippen LogP contribution in [0.25, 0.3) is 0 Å². The number of ether oxygens (including phenoxy) is 3. The Morgan fingerprint density at radius 2 is 1.57 bits per heavy atom. The molecule has 2 saturated heterocycles. The molecule has 354 valence electrons. The average Bonchev–Trinajstić information content (AvgIpc) is 3.25. The minimum atomic E-state index is -2.49. The molecule has 13 unspecified atom stereocenters. The molecular weight excluding hydrogens is 811 g/mol. The normalized spacial score (nSPS) is 41.3. The molecule has 3 heterocycles. The molecule has 14 nitrogen and oxygen atoms in total. The van der Waals surface area contributed by atoms with Gasteiger partial charge in [-0.15, -0.1) is 0 Å². The third-order valence-corrected chi connectivity index (χ3v) is 14.0. The number of ketones is 3. The Morgan fingerprint density at radius 1 is 0.857 bits per heavy atom. The maximum atomic E-state index is 14.3. The Morgan fingerprint density at radius 3 is 2.27 bits per heavy atom. The molecule has 0 radical (unpaired) electrons. The van der Waals surface area contributed by atoms with Crippen LogP contribution < -0.4 is 0 Å². The van der Waals surface area contributed by atoms with E-state index in [9.17, 15) is 49.5 Å². The monoisotopic (exact) mass is 886 g/mol. The fourth-order valence-corrected chi connectivity index (χ4v) is 9.62. The van der Waals surface area contributed by atoms with Gasteiger partial charge in [0.1, 0.15) is 30.1 Å². The van der Waals surface area contributed by atoms with Gasteiger partial charge < -0.3 is 44.6 Å². The van der Waals surface area contributed by atoms with Crippen molar-refractivity contribution in [3.8, 4) is 0 Å². The molecule has 4 rings (SSSR count). The summed E-state index contributed by atoms with van der Waals surface area (Å²) in [4.78, 5) is 70.9. The molecule has 0 aromatic heterocycles. The topological polar surface area (TPSA) is 217 Å². The van der Waals surface area contributed by atoms with E-state index >= 15 is 0 Å². The highest BCUT2D eigenvalue weighted by Gasteiger charge is 2.53. The molecule has 1 saturated carbocycles. The average molecular weight is 886 g/mol. The molecule has 5 N–H and O–H groups in total. The SMILES string of the molecule is COC1CC(CC(C)C2CC(=O)C(C)/C=C(\C)C(O)[C@@H](O)C(=O)C(C)CC(C)/C=C/C=C/C=C(\C)C(O)C[C@@H]3CCC(C)C(O)(O3)C(=O)C(=O)N3CCCCC3C(=O)O2)CCC1O. The molecule has 63 heavy (non-hydrogen) atoms. The van der Waals surface area contributed by atoms with Crippen molar-refractivity contribution in [3.05, 3.63) is 47.6 Å². The summed E-state index contributed by atoms with van der Waals surface area (Å²) in [6.07, 6.45) is 8.19. The van der Waals surface area contributed by atoms with Gasteiger partial charge in [-0.05, 0) is 107 Å². The quantitative estimate of drug-likeness (QED) is 0.145. The van der Waals surface area contributed by atoms with Crippen LogP contribution >= 0.6 is 0 Å². The number of fused-ring (bicyclic) bond motifs is 3. The number of allylic oxidation sites excluding steroid dienone is 6. The fraction of sp³-hybridized carbons (Fsp3) is 0.735. The van der Waals surface area contributed by atoms with Gasteiger partial charge in [0.25, 0.3) is 11.7 Å². The Balaban J connectivity index is 1.67. The number of hydrogen-bond donors (Lipinski definition) is 5. The van der Waals surface area contributed by atoms with E-state index < -0.39 is 89.6 Å². The smallest absolute Gasteiger partial charge is 0.329 e.